The third-order valence-corrected chi connectivity index (χ3v) is 7.24. The second-order valence-electron chi connectivity index (χ2n) is 9.81. The third-order valence-electron chi connectivity index (χ3n) is 7.24. The van der Waals surface area contributed by atoms with E-state index in [1.165, 1.54) is 32.1 Å². The van der Waals surface area contributed by atoms with Crippen LogP contribution in [0.1, 0.15) is 86.5 Å². The number of benzene rings is 2. The first-order chi connectivity index (χ1) is 17.1. The first-order valence-electron chi connectivity index (χ1n) is 13.1. The quantitative estimate of drug-likeness (QED) is 0.337. The van der Waals surface area contributed by atoms with Gasteiger partial charge in [-0.2, -0.15) is 5.10 Å². The fourth-order valence-corrected chi connectivity index (χ4v) is 5.18. The Morgan fingerprint density at radius 2 is 1.77 bits per heavy atom. The summed E-state index contributed by atoms with van der Waals surface area (Å²) in [5.74, 6) is 0.645. The van der Waals surface area contributed by atoms with Crippen molar-refractivity contribution in [2.75, 3.05) is 0 Å². The maximum atomic E-state index is 13.3. The van der Waals surface area contributed by atoms with Crippen molar-refractivity contribution >= 4 is 5.97 Å². The van der Waals surface area contributed by atoms with Crippen LogP contribution in [-0.4, -0.2) is 25.4 Å². The van der Waals surface area contributed by atoms with Crippen molar-refractivity contribution in [3.63, 3.8) is 0 Å². The molecule has 1 aromatic heterocycles. The molecule has 6 heteroatoms. The molecular formula is C29H37N3O3. The number of carbonyl (C=O) groups is 1. The van der Waals surface area contributed by atoms with Crippen LogP contribution in [-0.2, 0) is 19.5 Å². The molecule has 186 valence electrons. The molecule has 0 saturated heterocycles. The zero-order valence-electron chi connectivity index (χ0n) is 20.8. The second-order valence-corrected chi connectivity index (χ2v) is 9.81. The number of hydrogen-bond acceptors (Lipinski definition) is 3. The van der Waals surface area contributed by atoms with Gasteiger partial charge in [0.05, 0.1) is 12.1 Å². The number of carboxylic acid groups (broad SMARTS) is 1. The van der Waals surface area contributed by atoms with Crippen LogP contribution in [0, 0.1) is 5.92 Å². The SMILES string of the molecule is CCCCCc1nn(CCC2CCCCC2)c(=O)n1Cc1ccc(-c2ccccc2C(=O)O)cc1. The Morgan fingerprint density at radius 1 is 1.03 bits per heavy atom. The van der Waals surface area contributed by atoms with Gasteiger partial charge in [-0.3, -0.25) is 4.57 Å². The van der Waals surface area contributed by atoms with E-state index in [0.717, 1.165) is 49.1 Å². The summed E-state index contributed by atoms with van der Waals surface area (Å²) in [5, 5.41) is 14.3. The van der Waals surface area contributed by atoms with Crippen molar-refractivity contribution in [1.82, 2.24) is 14.3 Å². The molecular weight excluding hydrogens is 438 g/mol. The Kier molecular flexibility index (Phi) is 8.56. The lowest BCUT2D eigenvalue weighted by Gasteiger charge is -2.20. The van der Waals surface area contributed by atoms with Gasteiger partial charge in [0.25, 0.3) is 0 Å². The summed E-state index contributed by atoms with van der Waals surface area (Å²) in [6.45, 7) is 3.35. The Labute approximate surface area is 207 Å². The molecule has 35 heavy (non-hydrogen) atoms. The highest BCUT2D eigenvalue weighted by Crippen LogP contribution is 2.27. The molecule has 0 bridgehead atoms. The van der Waals surface area contributed by atoms with Gasteiger partial charge in [0.2, 0.25) is 0 Å². The number of rotatable bonds is 11. The maximum Gasteiger partial charge on any atom is 0.346 e. The molecule has 0 spiro atoms. The molecule has 0 radical (unpaired) electrons. The summed E-state index contributed by atoms with van der Waals surface area (Å²) in [6, 6.07) is 14.9. The second kappa shape index (κ2) is 12.0. The molecule has 0 amide bonds. The van der Waals surface area contributed by atoms with Gasteiger partial charge in [-0.25, -0.2) is 14.3 Å². The number of hydrogen-bond donors (Lipinski definition) is 1. The molecule has 1 N–H and O–H groups in total. The van der Waals surface area contributed by atoms with Gasteiger partial charge in [0.15, 0.2) is 0 Å². The first-order valence-corrected chi connectivity index (χ1v) is 13.1. The van der Waals surface area contributed by atoms with Crippen molar-refractivity contribution in [3.05, 3.63) is 76.0 Å². The monoisotopic (exact) mass is 475 g/mol. The molecule has 6 nitrogen and oxygen atoms in total. The van der Waals surface area contributed by atoms with E-state index >= 15 is 0 Å². The van der Waals surface area contributed by atoms with E-state index < -0.39 is 5.97 Å². The Hall–Kier alpha value is -3.15. The topological polar surface area (TPSA) is 77.1 Å². The summed E-state index contributed by atoms with van der Waals surface area (Å²) < 4.78 is 3.52. The zero-order chi connectivity index (χ0) is 24.6. The van der Waals surface area contributed by atoms with Crippen molar-refractivity contribution in [1.29, 1.82) is 0 Å². The van der Waals surface area contributed by atoms with E-state index in [9.17, 15) is 14.7 Å². The molecule has 4 rings (SSSR count). The molecule has 2 aromatic carbocycles. The van der Waals surface area contributed by atoms with Crippen molar-refractivity contribution < 1.29 is 9.90 Å². The van der Waals surface area contributed by atoms with Crippen LogP contribution in [0.25, 0.3) is 11.1 Å². The minimum atomic E-state index is -0.936. The van der Waals surface area contributed by atoms with Gasteiger partial charge in [0, 0.05) is 13.0 Å². The largest absolute Gasteiger partial charge is 0.478 e. The lowest BCUT2D eigenvalue weighted by molar-refractivity contribution is 0.0697. The lowest BCUT2D eigenvalue weighted by Crippen LogP contribution is -2.27. The molecule has 3 aromatic rings. The van der Waals surface area contributed by atoms with Crippen LogP contribution >= 0.6 is 0 Å². The van der Waals surface area contributed by atoms with Crippen LogP contribution in [0.2, 0.25) is 0 Å². The number of aromatic nitrogens is 3. The molecule has 1 saturated carbocycles. The number of aromatic carboxylic acids is 1. The maximum absolute atomic E-state index is 13.3. The van der Waals surface area contributed by atoms with Crippen LogP contribution < -0.4 is 5.69 Å². The van der Waals surface area contributed by atoms with E-state index in [4.69, 9.17) is 5.10 Å². The van der Waals surface area contributed by atoms with E-state index in [1.54, 1.807) is 16.8 Å². The molecule has 1 aliphatic rings. The smallest absolute Gasteiger partial charge is 0.346 e. The van der Waals surface area contributed by atoms with Gasteiger partial charge in [-0.05, 0) is 41.5 Å². The van der Waals surface area contributed by atoms with Crippen molar-refractivity contribution in [2.45, 2.75) is 84.2 Å². The van der Waals surface area contributed by atoms with E-state index in [1.807, 2.05) is 41.0 Å². The summed E-state index contributed by atoms with van der Waals surface area (Å²) in [5.41, 5.74) is 2.82. The highest BCUT2D eigenvalue weighted by Gasteiger charge is 2.18. The molecule has 0 atom stereocenters. The normalized spacial score (nSPS) is 14.3. The lowest BCUT2D eigenvalue weighted by atomic mass is 9.87. The third kappa shape index (κ3) is 6.30. The van der Waals surface area contributed by atoms with Crippen molar-refractivity contribution in [2.24, 2.45) is 5.92 Å². The van der Waals surface area contributed by atoms with E-state index in [-0.39, 0.29) is 11.3 Å². The highest BCUT2D eigenvalue weighted by atomic mass is 16.4. The van der Waals surface area contributed by atoms with Gasteiger partial charge < -0.3 is 5.11 Å². The van der Waals surface area contributed by atoms with Gasteiger partial charge in [0.1, 0.15) is 5.82 Å². The van der Waals surface area contributed by atoms with E-state index in [2.05, 4.69) is 6.92 Å². The zero-order valence-corrected chi connectivity index (χ0v) is 20.8. The summed E-state index contributed by atoms with van der Waals surface area (Å²) in [6.07, 6.45) is 11.6. The Balaban J connectivity index is 1.53. The minimum Gasteiger partial charge on any atom is -0.478 e. The standard InChI is InChI=1S/C29H37N3O3/c1-2-3-5-14-27-30-32(20-19-22-10-6-4-7-11-22)29(35)31(27)21-23-15-17-24(18-16-23)25-12-8-9-13-26(25)28(33)34/h8-9,12-13,15-18,22H,2-7,10-11,14,19-21H2,1H3,(H,33,34). The summed E-state index contributed by atoms with van der Waals surface area (Å²) in [7, 11) is 0. The Bertz CT molecular complexity index is 1170. The van der Waals surface area contributed by atoms with Crippen LogP contribution in [0.5, 0.6) is 0 Å². The molecule has 1 heterocycles. The predicted molar refractivity (Wildman–Crippen MR) is 139 cm³/mol. The molecule has 1 fully saturated rings. The predicted octanol–water partition coefficient (Wildman–Crippen LogP) is 6.16. The molecule has 1 aliphatic carbocycles. The minimum absolute atomic E-state index is 0.0207. The fourth-order valence-electron chi connectivity index (χ4n) is 5.18. The molecule has 0 unspecified atom stereocenters. The van der Waals surface area contributed by atoms with Gasteiger partial charge in [-0.15, -0.1) is 0 Å². The number of nitrogens with zero attached hydrogens (tertiary/aromatic N) is 3. The van der Waals surface area contributed by atoms with Gasteiger partial charge in [-0.1, -0.05) is 94.3 Å². The average Bonchev–Trinajstić information content (AvgIpc) is 3.18. The molecule has 0 aliphatic heterocycles. The Morgan fingerprint density at radius 3 is 2.49 bits per heavy atom. The number of unbranched alkanes of at least 4 members (excludes halogenated alkanes) is 2. The van der Waals surface area contributed by atoms with Gasteiger partial charge >= 0.3 is 11.7 Å². The van der Waals surface area contributed by atoms with Crippen LogP contribution in [0.15, 0.2) is 53.3 Å². The number of aryl methyl sites for hydroxylation is 2. The van der Waals surface area contributed by atoms with Crippen molar-refractivity contribution in [3.8, 4) is 11.1 Å². The summed E-state index contributed by atoms with van der Waals surface area (Å²) in [4.78, 5) is 24.9. The summed E-state index contributed by atoms with van der Waals surface area (Å²) >= 11 is 0. The van der Waals surface area contributed by atoms with E-state index in [0.29, 0.717) is 24.6 Å². The highest BCUT2D eigenvalue weighted by molar-refractivity contribution is 5.95. The van der Waals surface area contributed by atoms with Crippen LogP contribution in [0.3, 0.4) is 0 Å². The van der Waals surface area contributed by atoms with Crippen LogP contribution in [0.4, 0.5) is 0 Å². The fraction of sp³-hybridized carbons (Fsp3) is 0.483. The average molecular weight is 476 g/mol. The first kappa shape index (κ1) is 25.0. The number of carboxylic acids is 1.